The standard InChI is InChI=1S/C26H28F2N2O5/c1-15-22(24(31)29-17-10-11-30(13-17)25(32)35-26(2,3)4)19-12-18(8-9-21(19)34-15)33-14-16-6-5-7-20(27)23(16)28/h5-9,12,17H,10-11,13-14H2,1-4H3,(H,29,31). The lowest BCUT2D eigenvalue weighted by atomic mass is 10.1. The van der Waals surface area contributed by atoms with Gasteiger partial charge in [-0.2, -0.15) is 0 Å². The Morgan fingerprint density at radius 1 is 1.20 bits per heavy atom. The Morgan fingerprint density at radius 3 is 2.71 bits per heavy atom. The van der Waals surface area contributed by atoms with Crippen molar-refractivity contribution in [2.75, 3.05) is 13.1 Å². The Morgan fingerprint density at radius 2 is 1.97 bits per heavy atom. The zero-order valence-corrected chi connectivity index (χ0v) is 20.1. The molecule has 1 atom stereocenters. The molecule has 1 aromatic heterocycles. The first-order chi connectivity index (χ1) is 16.5. The molecule has 1 saturated heterocycles. The van der Waals surface area contributed by atoms with Crippen LogP contribution in [-0.2, 0) is 11.3 Å². The van der Waals surface area contributed by atoms with Crippen molar-refractivity contribution in [2.45, 2.75) is 52.4 Å². The molecule has 7 nitrogen and oxygen atoms in total. The number of halogens is 2. The molecule has 1 unspecified atom stereocenters. The molecule has 0 saturated carbocycles. The molecule has 0 spiro atoms. The number of likely N-dealkylation sites (tertiary alicyclic amines) is 1. The first-order valence-electron chi connectivity index (χ1n) is 11.4. The third-order valence-electron chi connectivity index (χ3n) is 5.66. The van der Waals surface area contributed by atoms with E-state index in [9.17, 15) is 18.4 Å². The van der Waals surface area contributed by atoms with Crippen molar-refractivity contribution in [1.29, 1.82) is 0 Å². The third kappa shape index (κ3) is 5.55. The molecule has 1 aliphatic rings. The number of aryl methyl sites for hydroxylation is 1. The van der Waals surface area contributed by atoms with Crippen molar-refractivity contribution in [1.82, 2.24) is 10.2 Å². The Bertz CT molecular complexity index is 1260. The summed E-state index contributed by atoms with van der Waals surface area (Å²) in [4.78, 5) is 27.0. The highest BCUT2D eigenvalue weighted by molar-refractivity contribution is 6.07. The average molecular weight is 487 g/mol. The van der Waals surface area contributed by atoms with E-state index in [0.717, 1.165) is 6.07 Å². The van der Waals surface area contributed by atoms with E-state index in [2.05, 4.69) is 5.32 Å². The third-order valence-corrected chi connectivity index (χ3v) is 5.66. The predicted octanol–water partition coefficient (Wildman–Crippen LogP) is 5.34. The van der Waals surface area contributed by atoms with Gasteiger partial charge >= 0.3 is 6.09 Å². The highest BCUT2D eigenvalue weighted by atomic mass is 19.2. The van der Waals surface area contributed by atoms with Crippen LogP contribution in [0.5, 0.6) is 5.75 Å². The number of nitrogens with zero attached hydrogens (tertiary/aromatic N) is 1. The maximum Gasteiger partial charge on any atom is 0.410 e. The van der Waals surface area contributed by atoms with Crippen LogP contribution in [-0.4, -0.2) is 41.6 Å². The summed E-state index contributed by atoms with van der Waals surface area (Å²) in [6.45, 7) is 7.77. The minimum absolute atomic E-state index is 0.0854. The molecule has 2 aromatic carbocycles. The molecule has 0 bridgehead atoms. The number of fused-ring (bicyclic) bond motifs is 1. The van der Waals surface area contributed by atoms with Gasteiger partial charge in [0.2, 0.25) is 0 Å². The number of furan rings is 1. The van der Waals surface area contributed by atoms with Crippen LogP contribution >= 0.6 is 0 Å². The fraction of sp³-hybridized carbons (Fsp3) is 0.385. The molecule has 4 rings (SSSR count). The van der Waals surface area contributed by atoms with Crippen molar-refractivity contribution >= 4 is 23.0 Å². The minimum Gasteiger partial charge on any atom is -0.489 e. The van der Waals surface area contributed by atoms with E-state index >= 15 is 0 Å². The highest BCUT2D eigenvalue weighted by Crippen LogP contribution is 2.30. The van der Waals surface area contributed by atoms with Crippen molar-refractivity contribution in [3.8, 4) is 5.75 Å². The smallest absolute Gasteiger partial charge is 0.410 e. The second-order valence-electron chi connectivity index (χ2n) is 9.58. The number of carbonyl (C=O) groups excluding carboxylic acids is 2. The van der Waals surface area contributed by atoms with Crippen molar-refractivity contribution in [2.24, 2.45) is 0 Å². The summed E-state index contributed by atoms with van der Waals surface area (Å²) in [7, 11) is 0. The second-order valence-corrected chi connectivity index (χ2v) is 9.58. The molecule has 186 valence electrons. The van der Waals surface area contributed by atoms with Gasteiger partial charge in [0.25, 0.3) is 5.91 Å². The van der Waals surface area contributed by atoms with Gasteiger partial charge < -0.3 is 24.1 Å². The van der Waals surface area contributed by atoms with Gasteiger partial charge in [0.05, 0.1) is 5.56 Å². The van der Waals surface area contributed by atoms with Crippen LogP contribution in [0.2, 0.25) is 0 Å². The Kier molecular flexibility index (Phi) is 6.69. The van der Waals surface area contributed by atoms with Gasteiger partial charge in [-0.3, -0.25) is 4.79 Å². The largest absolute Gasteiger partial charge is 0.489 e. The minimum atomic E-state index is -0.954. The Labute approximate surface area is 202 Å². The van der Waals surface area contributed by atoms with Crippen molar-refractivity contribution in [3.05, 3.63) is 64.9 Å². The number of ether oxygens (including phenoxy) is 2. The number of benzene rings is 2. The summed E-state index contributed by atoms with van der Waals surface area (Å²) in [5.41, 5.74) is 0.352. The zero-order valence-electron chi connectivity index (χ0n) is 20.1. The van der Waals surface area contributed by atoms with Gasteiger partial charge in [-0.25, -0.2) is 13.6 Å². The predicted molar refractivity (Wildman–Crippen MR) is 125 cm³/mol. The lowest BCUT2D eigenvalue weighted by Gasteiger charge is -2.24. The quantitative estimate of drug-likeness (QED) is 0.527. The lowest BCUT2D eigenvalue weighted by Crippen LogP contribution is -2.40. The van der Waals surface area contributed by atoms with E-state index in [1.807, 2.05) is 0 Å². The molecular weight excluding hydrogens is 458 g/mol. The number of amides is 2. The van der Waals surface area contributed by atoms with Crippen LogP contribution < -0.4 is 10.1 Å². The molecule has 1 aliphatic heterocycles. The number of nitrogens with one attached hydrogen (secondary N) is 1. The fourth-order valence-corrected chi connectivity index (χ4v) is 4.02. The zero-order chi connectivity index (χ0) is 25.3. The normalized spacial score (nSPS) is 15.9. The van der Waals surface area contributed by atoms with E-state index in [1.54, 1.807) is 50.8 Å². The molecule has 0 radical (unpaired) electrons. The van der Waals surface area contributed by atoms with Crippen LogP contribution in [0.15, 0.2) is 40.8 Å². The van der Waals surface area contributed by atoms with Crippen molar-refractivity contribution in [3.63, 3.8) is 0 Å². The maximum atomic E-state index is 13.9. The fourth-order valence-electron chi connectivity index (χ4n) is 4.02. The summed E-state index contributed by atoms with van der Waals surface area (Å²) >= 11 is 0. The molecule has 35 heavy (non-hydrogen) atoms. The summed E-state index contributed by atoms with van der Waals surface area (Å²) in [6, 6.07) is 8.61. The van der Waals surface area contributed by atoms with Gasteiger partial charge in [0.15, 0.2) is 11.6 Å². The van der Waals surface area contributed by atoms with E-state index in [0.29, 0.717) is 47.6 Å². The molecule has 0 aliphatic carbocycles. The highest BCUT2D eigenvalue weighted by Gasteiger charge is 2.31. The summed E-state index contributed by atoms with van der Waals surface area (Å²) < 4.78 is 44.2. The second kappa shape index (κ2) is 9.56. The first-order valence-corrected chi connectivity index (χ1v) is 11.4. The first kappa shape index (κ1) is 24.5. The summed E-state index contributed by atoms with van der Waals surface area (Å²) in [5.74, 6) is -1.40. The lowest BCUT2D eigenvalue weighted by molar-refractivity contribution is 0.0290. The van der Waals surface area contributed by atoms with Crippen LogP contribution in [0.4, 0.5) is 13.6 Å². The number of hydrogen-bond donors (Lipinski definition) is 1. The summed E-state index contributed by atoms with van der Waals surface area (Å²) in [6.07, 6.45) is 0.198. The van der Waals surface area contributed by atoms with E-state index < -0.39 is 23.3 Å². The number of carbonyl (C=O) groups is 2. The molecule has 9 heteroatoms. The molecule has 2 amide bonds. The monoisotopic (exact) mass is 486 g/mol. The van der Waals surface area contributed by atoms with Crippen LogP contribution in [0, 0.1) is 18.6 Å². The molecular formula is C26H28F2N2O5. The molecule has 2 heterocycles. The van der Waals surface area contributed by atoms with Gasteiger partial charge in [-0.05, 0) is 58.4 Å². The number of hydrogen-bond acceptors (Lipinski definition) is 5. The van der Waals surface area contributed by atoms with Crippen LogP contribution in [0.3, 0.4) is 0 Å². The van der Waals surface area contributed by atoms with E-state index in [1.165, 1.54) is 12.1 Å². The van der Waals surface area contributed by atoms with Gasteiger partial charge in [0.1, 0.15) is 29.3 Å². The van der Waals surface area contributed by atoms with Gasteiger partial charge in [-0.15, -0.1) is 0 Å². The molecule has 1 fully saturated rings. The van der Waals surface area contributed by atoms with Gasteiger partial charge in [0, 0.05) is 30.1 Å². The summed E-state index contributed by atoms with van der Waals surface area (Å²) in [5, 5.41) is 3.51. The average Bonchev–Trinajstić information content (AvgIpc) is 3.36. The van der Waals surface area contributed by atoms with E-state index in [4.69, 9.17) is 13.9 Å². The number of rotatable bonds is 5. The topological polar surface area (TPSA) is 81.0 Å². The molecule has 3 aromatic rings. The SMILES string of the molecule is Cc1oc2ccc(OCc3cccc(F)c3F)cc2c1C(=O)NC1CCN(C(=O)OC(C)(C)C)C1. The Balaban J connectivity index is 1.46. The maximum absolute atomic E-state index is 13.9. The van der Waals surface area contributed by atoms with Crippen molar-refractivity contribution < 1.29 is 32.3 Å². The Hall–Kier alpha value is -3.62. The molecule has 1 N–H and O–H groups in total. The van der Waals surface area contributed by atoms with Crippen LogP contribution in [0.1, 0.15) is 48.9 Å². The van der Waals surface area contributed by atoms with E-state index in [-0.39, 0.29) is 24.1 Å². The van der Waals surface area contributed by atoms with Gasteiger partial charge in [-0.1, -0.05) is 12.1 Å². The van der Waals surface area contributed by atoms with Crippen LogP contribution in [0.25, 0.3) is 11.0 Å².